The molecule has 6 nitrogen and oxygen atoms in total. The van der Waals surface area contributed by atoms with Crippen molar-refractivity contribution in [3.8, 4) is 17.2 Å². The van der Waals surface area contributed by atoms with Crippen LogP contribution >= 0.6 is 11.6 Å². The molecule has 1 N–H and O–H groups in total. The largest absolute Gasteiger partial charge is 0.497 e. The van der Waals surface area contributed by atoms with Crippen molar-refractivity contribution < 1.29 is 23.7 Å². The summed E-state index contributed by atoms with van der Waals surface area (Å²) in [4.78, 5) is 12.3. The van der Waals surface area contributed by atoms with Crippen LogP contribution in [0, 0.1) is 0 Å². The zero-order valence-electron chi connectivity index (χ0n) is 15.5. The van der Waals surface area contributed by atoms with Crippen LogP contribution in [0.25, 0.3) is 6.08 Å². The van der Waals surface area contributed by atoms with E-state index < -0.39 is 0 Å². The van der Waals surface area contributed by atoms with Gasteiger partial charge in [0.05, 0.1) is 31.5 Å². The Morgan fingerprint density at radius 2 is 1.93 bits per heavy atom. The minimum Gasteiger partial charge on any atom is -0.497 e. The Morgan fingerprint density at radius 1 is 1.11 bits per heavy atom. The number of anilines is 1. The maximum atomic E-state index is 12.3. The number of carbonyl (C=O) groups excluding carboxylic acids is 1. The second-order valence-corrected chi connectivity index (χ2v) is 5.80. The summed E-state index contributed by atoms with van der Waals surface area (Å²) < 4.78 is 21.0. The molecule has 2 rings (SSSR count). The highest BCUT2D eigenvalue weighted by molar-refractivity contribution is 6.32. The SMILES string of the molecule is COCCOc1c(Cl)cccc1NC(=O)/C=C/c1ccc(OC)cc1OC. The number of hydrogen-bond acceptors (Lipinski definition) is 5. The smallest absolute Gasteiger partial charge is 0.248 e. The monoisotopic (exact) mass is 391 g/mol. The standard InChI is InChI=1S/C20H22ClNO5/c1-24-11-12-27-20-16(21)5-4-6-17(20)22-19(23)10-8-14-7-9-15(25-2)13-18(14)26-3/h4-10,13H,11-12H2,1-3H3,(H,22,23)/b10-8+. The van der Waals surface area contributed by atoms with Gasteiger partial charge in [0.1, 0.15) is 18.1 Å². The number of halogens is 1. The molecule has 0 unspecified atom stereocenters. The fourth-order valence-corrected chi connectivity index (χ4v) is 2.51. The van der Waals surface area contributed by atoms with Crippen molar-refractivity contribution >= 4 is 29.3 Å². The van der Waals surface area contributed by atoms with Gasteiger partial charge in [0.2, 0.25) is 5.91 Å². The molecule has 0 spiro atoms. The van der Waals surface area contributed by atoms with E-state index in [0.717, 1.165) is 5.56 Å². The van der Waals surface area contributed by atoms with Gasteiger partial charge < -0.3 is 24.3 Å². The van der Waals surface area contributed by atoms with Crippen molar-refractivity contribution in [3.63, 3.8) is 0 Å². The number of methoxy groups -OCH3 is 3. The van der Waals surface area contributed by atoms with Crippen molar-refractivity contribution in [2.24, 2.45) is 0 Å². The molecule has 0 heterocycles. The number of ether oxygens (including phenoxy) is 4. The van der Waals surface area contributed by atoms with Crippen molar-refractivity contribution in [1.82, 2.24) is 0 Å². The topological polar surface area (TPSA) is 66.0 Å². The highest BCUT2D eigenvalue weighted by Gasteiger charge is 2.10. The molecular formula is C20H22ClNO5. The Bertz CT molecular complexity index is 807. The number of para-hydroxylation sites is 1. The number of carbonyl (C=O) groups is 1. The zero-order chi connectivity index (χ0) is 19.6. The van der Waals surface area contributed by atoms with Crippen LogP contribution in [0.5, 0.6) is 17.2 Å². The summed E-state index contributed by atoms with van der Waals surface area (Å²) in [6.45, 7) is 0.734. The third-order valence-electron chi connectivity index (χ3n) is 3.61. The third kappa shape index (κ3) is 5.91. The van der Waals surface area contributed by atoms with E-state index >= 15 is 0 Å². The van der Waals surface area contributed by atoms with Gasteiger partial charge in [-0.2, -0.15) is 0 Å². The van der Waals surface area contributed by atoms with Crippen LogP contribution in [0.2, 0.25) is 5.02 Å². The molecule has 0 radical (unpaired) electrons. The van der Waals surface area contributed by atoms with Gasteiger partial charge in [0.15, 0.2) is 5.75 Å². The number of rotatable bonds is 9. The number of amides is 1. The summed E-state index contributed by atoms with van der Waals surface area (Å²) >= 11 is 6.17. The van der Waals surface area contributed by atoms with E-state index in [2.05, 4.69) is 5.32 Å². The molecule has 0 aliphatic carbocycles. The molecule has 0 aromatic heterocycles. The molecule has 1 amide bonds. The molecule has 144 valence electrons. The number of benzene rings is 2. The van der Waals surface area contributed by atoms with Crippen molar-refractivity contribution in [2.75, 3.05) is 39.9 Å². The molecule has 7 heteroatoms. The number of nitrogens with one attached hydrogen (secondary N) is 1. The lowest BCUT2D eigenvalue weighted by Crippen LogP contribution is -2.11. The second kappa shape index (κ2) is 10.4. The number of hydrogen-bond donors (Lipinski definition) is 1. The highest BCUT2D eigenvalue weighted by Crippen LogP contribution is 2.33. The van der Waals surface area contributed by atoms with Crippen LogP contribution in [-0.4, -0.2) is 40.5 Å². The summed E-state index contributed by atoms with van der Waals surface area (Å²) in [6.07, 6.45) is 3.06. The summed E-state index contributed by atoms with van der Waals surface area (Å²) in [5, 5.41) is 3.17. The molecule has 27 heavy (non-hydrogen) atoms. The van der Waals surface area contributed by atoms with Gasteiger partial charge in [-0.1, -0.05) is 17.7 Å². The maximum Gasteiger partial charge on any atom is 0.248 e. The van der Waals surface area contributed by atoms with Crippen LogP contribution in [0.3, 0.4) is 0 Å². The molecular weight excluding hydrogens is 370 g/mol. The normalized spacial score (nSPS) is 10.7. The Balaban J connectivity index is 2.12. The summed E-state index contributed by atoms with van der Waals surface area (Å²) in [5.74, 6) is 1.35. The Morgan fingerprint density at radius 3 is 2.63 bits per heavy atom. The summed E-state index contributed by atoms with van der Waals surface area (Å²) in [6, 6.07) is 10.5. The Hall–Kier alpha value is -2.70. The first-order chi connectivity index (χ1) is 13.1. The fourth-order valence-electron chi connectivity index (χ4n) is 2.28. The average Bonchev–Trinajstić information content (AvgIpc) is 2.68. The lowest BCUT2D eigenvalue weighted by molar-refractivity contribution is -0.111. The van der Waals surface area contributed by atoms with Crippen LogP contribution < -0.4 is 19.5 Å². The van der Waals surface area contributed by atoms with Crippen molar-refractivity contribution in [1.29, 1.82) is 0 Å². The zero-order valence-corrected chi connectivity index (χ0v) is 16.2. The van der Waals surface area contributed by atoms with Crippen molar-refractivity contribution in [2.45, 2.75) is 0 Å². The molecule has 0 aliphatic rings. The lowest BCUT2D eigenvalue weighted by Gasteiger charge is -2.13. The molecule has 2 aromatic rings. The first kappa shape index (κ1) is 20.6. The first-order valence-corrected chi connectivity index (χ1v) is 8.58. The van der Waals surface area contributed by atoms with Gasteiger partial charge in [0, 0.05) is 24.8 Å². The van der Waals surface area contributed by atoms with Gasteiger partial charge in [-0.15, -0.1) is 0 Å². The van der Waals surface area contributed by atoms with Crippen LogP contribution in [0.15, 0.2) is 42.5 Å². The van der Waals surface area contributed by atoms with E-state index in [9.17, 15) is 4.79 Å². The predicted molar refractivity (Wildman–Crippen MR) is 106 cm³/mol. The maximum absolute atomic E-state index is 12.3. The summed E-state index contributed by atoms with van der Waals surface area (Å²) in [5.41, 5.74) is 1.23. The predicted octanol–water partition coefficient (Wildman–Crippen LogP) is 4.03. The van der Waals surface area contributed by atoms with Gasteiger partial charge in [0.25, 0.3) is 0 Å². The Kier molecular flexibility index (Phi) is 7.98. The third-order valence-corrected chi connectivity index (χ3v) is 3.91. The van der Waals surface area contributed by atoms with E-state index in [4.69, 9.17) is 30.5 Å². The quantitative estimate of drug-likeness (QED) is 0.516. The lowest BCUT2D eigenvalue weighted by atomic mass is 10.1. The molecule has 0 aliphatic heterocycles. The van der Waals surface area contributed by atoms with E-state index in [1.165, 1.54) is 6.08 Å². The van der Waals surface area contributed by atoms with E-state index in [-0.39, 0.29) is 5.91 Å². The molecule has 0 fully saturated rings. The van der Waals surface area contributed by atoms with Gasteiger partial charge >= 0.3 is 0 Å². The fraction of sp³-hybridized carbons (Fsp3) is 0.250. The molecule has 0 atom stereocenters. The highest BCUT2D eigenvalue weighted by atomic mass is 35.5. The second-order valence-electron chi connectivity index (χ2n) is 5.39. The minimum absolute atomic E-state index is 0.321. The van der Waals surface area contributed by atoms with Gasteiger partial charge in [-0.05, 0) is 30.3 Å². The minimum atomic E-state index is -0.327. The molecule has 0 saturated heterocycles. The Labute approximate surface area is 163 Å². The van der Waals surface area contributed by atoms with Crippen molar-refractivity contribution in [3.05, 3.63) is 53.1 Å². The first-order valence-electron chi connectivity index (χ1n) is 8.20. The molecule has 2 aromatic carbocycles. The van der Waals surface area contributed by atoms with Gasteiger partial charge in [-0.3, -0.25) is 4.79 Å². The average molecular weight is 392 g/mol. The van der Waals surface area contributed by atoms with Crippen LogP contribution in [0.1, 0.15) is 5.56 Å². The van der Waals surface area contributed by atoms with Gasteiger partial charge in [-0.25, -0.2) is 0 Å². The van der Waals surface area contributed by atoms with Crippen LogP contribution in [-0.2, 0) is 9.53 Å². The van der Waals surface area contributed by atoms with E-state index in [0.29, 0.717) is 41.2 Å². The molecule has 0 bridgehead atoms. The van der Waals surface area contributed by atoms with E-state index in [1.807, 2.05) is 0 Å². The molecule has 0 saturated carbocycles. The van der Waals surface area contributed by atoms with E-state index in [1.54, 1.807) is 63.8 Å². The van der Waals surface area contributed by atoms with Crippen LogP contribution in [0.4, 0.5) is 5.69 Å². The summed E-state index contributed by atoms with van der Waals surface area (Å²) in [7, 11) is 4.72.